The van der Waals surface area contributed by atoms with Gasteiger partial charge in [0.15, 0.2) is 5.84 Å². The summed E-state index contributed by atoms with van der Waals surface area (Å²) in [5.74, 6) is 0.0524. The molecule has 0 unspecified atom stereocenters. The Morgan fingerprint density at radius 2 is 1.90 bits per heavy atom. The minimum Gasteiger partial charge on any atom is -0.409 e. The van der Waals surface area contributed by atoms with Crippen LogP contribution in [-0.4, -0.2) is 21.2 Å². The molecule has 0 fully saturated rings. The molecular formula is C14H16N4OS. The van der Waals surface area contributed by atoms with Crippen molar-refractivity contribution in [1.29, 1.82) is 0 Å². The van der Waals surface area contributed by atoms with Crippen molar-refractivity contribution in [3.05, 3.63) is 46.6 Å². The lowest BCUT2D eigenvalue weighted by Crippen LogP contribution is -2.18. The van der Waals surface area contributed by atoms with Gasteiger partial charge in [0.05, 0.1) is 11.3 Å². The van der Waals surface area contributed by atoms with Crippen LogP contribution in [0.1, 0.15) is 22.4 Å². The van der Waals surface area contributed by atoms with E-state index in [1.807, 2.05) is 45.0 Å². The summed E-state index contributed by atoms with van der Waals surface area (Å²) >= 11 is 1.46. The van der Waals surface area contributed by atoms with Crippen molar-refractivity contribution in [2.75, 3.05) is 0 Å². The Morgan fingerprint density at radius 3 is 2.55 bits per heavy atom. The van der Waals surface area contributed by atoms with Crippen LogP contribution >= 0.6 is 11.8 Å². The maximum atomic E-state index is 8.95. The third kappa shape index (κ3) is 2.75. The number of amidine groups is 1. The Hall–Kier alpha value is -2.08. The maximum Gasteiger partial charge on any atom is 0.173 e. The van der Waals surface area contributed by atoms with Crippen molar-refractivity contribution in [1.82, 2.24) is 10.2 Å². The van der Waals surface area contributed by atoms with Crippen LogP contribution in [0.4, 0.5) is 0 Å². The van der Waals surface area contributed by atoms with Crippen LogP contribution in [0.15, 0.2) is 39.3 Å². The quantitative estimate of drug-likeness (QED) is 0.392. The smallest absolute Gasteiger partial charge is 0.173 e. The van der Waals surface area contributed by atoms with Crippen LogP contribution in [0.5, 0.6) is 0 Å². The molecule has 0 atom stereocenters. The van der Waals surface area contributed by atoms with Crippen molar-refractivity contribution in [3.63, 3.8) is 0 Å². The van der Waals surface area contributed by atoms with Crippen molar-refractivity contribution in [2.24, 2.45) is 10.9 Å². The Kier molecular flexibility index (Phi) is 4.24. The average molecular weight is 288 g/mol. The highest BCUT2D eigenvalue weighted by Crippen LogP contribution is 2.32. The van der Waals surface area contributed by atoms with Crippen LogP contribution in [0, 0.1) is 20.8 Å². The first-order chi connectivity index (χ1) is 9.54. The Morgan fingerprint density at radius 1 is 1.20 bits per heavy atom. The standard InChI is InChI=1S/C14H16N4OS/c1-8-6-4-5-7-11(8)20-14-12(13(15)18-19)9(2)10(3)16-17-14/h4-7,19H,1-3H3,(H2,15,18). The van der Waals surface area contributed by atoms with Crippen LogP contribution in [-0.2, 0) is 0 Å². The first-order valence-electron chi connectivity index (χ1n) is 6.10. The largest absolute Gasteiger partial charge is 0.409 e. The van der Waals surface area contributed by atoms with E-state index in [0.29, 0.717) is 10.6 Å². The summed E-state index contributed by atoms with van der Waals surface area (Å²) in [5, 5.41) is 21.0. The summed E-state index contributed by atoms with van der Waals surface area (Å²) in [4.78, 5) is 1.07. The number of nitrogens with zero attached hydrogens (tertiary/aromatic N) is 3. The Balaban J connectivity index is 2.53. The lowest BCUT2D eigenvalue weighted by molar-refractivity contribution is 0.318. The van der Waals surface area contributed by atoms with E-state index >= 15 is 0 Å². The van der Waals surface area contributed by atoms with Crippen molar-refractivity contribution < 1.29 is 5.21 Å². The molecule has 0 spiro atoms. The number of hydrogen-bond acceptors (Lipinski definition) is 5. The fraction of sp³-hybridized carbons (Fsp3) is 0.214. The number of nitrogens with two attached hydrogens (primary N) is 1. The molecule has 6 heteroatoms. The zero-order chi connectivity index (χ0) is 14.7. The minimum atomic E-state index is 0.0524. The van der Waals surface area contributed by atoms with E-state index in [0.717, 1.165) is 21.7 Å². The van der Waals surface area contributed by atoms with Crippen LogP contribution < -0.4 is 5.73 Å². The van der Waals surface area contributed by atoms with E-state index in [2.05, 4.69) is 15.4 Å². The molecule has 0 bridgehead atoms. The molecule has 0 aliphatic carbocycles. The van der Waals surface area contributed by atoms with Gasteiger partial charge in [-0.25, -0.2) is 0 Å². The van der Waals surface area contributed by atoms with E-state index in [1.54, 1.807) is 0 Å². The van der Waals surface area contributed by atoms with E-state index in [1.165, 1.54) is 11.8 Å². The summed E-state index contributed by atoms with van der Waals surface area (Å²) in [6, 6.07) is 7.98. The summed E-state index contributed by atoms with van der Waals surface area (Å²) in [6.45, 7) is 5.76. The predicted molar refractivity (Wildman–Crippen MR) is 79.3 cm³/mol. The van der Waals surface area contributed by atoms with Crippen molar-refractivity contribution in [2.45, 2.75) is 30.7 Å². The molecular weight excluding hydrogens is 272 g/mol. The van der Waals surface area contributed by atoms with Gasteiger partial charge in [0.1, 0.15) is 5.03 Å². The van der Waals surface area contributed by atoms with Crippen LogP contribution in [0.2, 0.25) is 0 Å². The number of hydrogen-bond donors (Lipinski definition) is 2. The normalized spacial score (nSPS) is 11.7. The molecule has 0 saturated heterocycles. The van der Waals surface area contributed by atoms with Gasteiger partial charge in [-0.3, -0.25) is 0 Å². The molecule has 1 aromatic carbocycles. The highest BCUT2D eigenvalue weighted by Gasteiger charge is 2.16. The highest BCUT2D eigenvalue weighted by molar-refractivity contribution is 7.99. The van der Waals surface area contributed by atoms with Gasteiger partial charge < -0.3 is 10.9 Å². The lowest BCUT2D eigenvalue weighted by atomic mass is 10.1. The zero-order valence-electron chi connectivity index (χ0n) is 11.6. The van der Waals surface area contributed by atoms with Gasteiger partial charge >= 0.3 is 0 Å². The molecule has 0 aliphatic rings. The number of oxime groups is 1. The predicted octanol–water partition coefficient (Wildman–Crippen LogP) is 2.65. The third-order valence-corrected chi connectivity index (χ3v) is 4.24. The first kappa shape index (κ1) is 14.3. The molecule has 5 nitrogen and oxygen atoms in total. The van der Waals surface area contributed by atoms with Gasteiger partial charge in [-0.2, -0.15) is 5.10 Å². The minimum absolute atomic E-state index is 0.0524. The second kappa shape index (κ2) is 5.92. The Bertz CT molecular complexity index is 670. The molecule has 0 radical (unpaired) electrons. The van der Waals surface area contributed by atoms with Crippen molar-refractivity contribution >= 4 is 17.6 Å². The van der Waals surface area contributed by atoms with Gasteiger partial charge in [0.25, 0.3) is 0 Å². The molecule has 0 amide bonds. The molecule has 0 aliphatic heterocycles. The first-order valence-corrected chi connectivity index (χ1v) is 6.91. The third-order valence-electron chi connectivity index (χ3n) is 3.09. The molecule has 1 heterocycles. The van der Waals surface area contributed by atoms with Gasteiger partial charge in [-0.05, 0) is 38.0 Å². The summed E-state index contributed by atoms with van der Waals surface area (Å²) in [5.41, 5.74) is 9.18. The summed E-state index contributed by atoms with van der Waals surface area (Å²) in [7, 11) is 0. The van der Waals surface area contributed by atoms with E-state index in [4.69, 9.17) is 10.9 Å². The van der Waals surface area contributed by atoms with Crippen LogP contribution in [0.3, 0.4) is 0 Å². The van der Waals surface area contributed by atoms with E-state index in [-0.39, 0.29) is 5.84 Å². The number of rotatable bonds is 3. The zero-order valence-corrected chi connectivity index (χ0v) is 12.4. The van der Waals surface area contributed by atoms with E-state index in [9.17, 15) is 0 Å². The van der Waals surface area contributed by atoms with Gasteiger partial charge in [-0.1, -0.05) is 35.1 Å². The van der Waals surface area contributed by atoms with Gasteiger partial charge in [0, 0.05) is 4.90 Å². The average Bonchev–Trinajstić information content (AvgIpc) is 2.45. The molecule has 2 rings (SSSR count). The summed E-state index contributed by atoms with van der Waals surface area (Å²) in [6.07, 6.45) is 0. The fourth-order valence-electron chi connectivity index (χ4n) is 1.78. The molecule has 2 aromatic rings. The second-order valence-corrected chi connectivity index (χ2v) is 5.47. The van der Waals surface area contributed by atoms with Crippen LogP contribution in [0.25, 0.3) is 0 Å². The molecule has 3 N–H and O–H groups in total. The molecule has 0 saturated carbocycles. The number of benzene rings is 1. The summed E-state index contributed by atoms with van der Waals surface area (Å²) < 4.78 is 0. The molecule has 1 aromatic heterocycles. The topological polar surface area (TPSA) is 84.4 Å². The van der Waals surface area contributed by atoms with Gasteiger partial charge in [-0.15, -0.1) is 5.10 Å². The molecule has 20 heavy (non-hydrogen) atoms. The monoisotopic (exact) mass is 288 g/mol. The fourth-order valence-corrected chi connectivity index (χ4v) is 2.81. The van der Waals surface area contributed by atoms with Crippen molar-refractivity contribution in [3.8, 4) is 0 Å². The second-order valence-electron chi connectivity index (χ2n) is 4.44. The number of aromatic nitrogens is 2. The maximum absolute atomic E-state index is 8.95. The molecule has 104 valence electrons. The highest BCUT2D eigenvalue weighted by atomic mass is 32.2. The number of aryl methyl sites for hydroxylation is 2. The Labute approximate surface area is 121 Å². The lowest BCUT2D eigenvalue weighted by Gasteiger charge is -2.12. The SMILES string of the molecule is Cc1ccccc1Sc1nnc(C)c(C)c1/C(N)=N/O. The van der Waals surface area contributed by atoms with Gasteiger partial charge in [0.2, 0.25) is 0 Å². The van der Waals surface area contributed by atoms with E-state index < -0.39 is 0 Å².